The number of para-hydroxylation sites is 1. The molecule has 0 saturated carbocycles. The van der Waals surface area contributed by atoms with E-state index in [0.29, 0.717) is 25.6 Å². The zero-order valence-corrected chi connectivity index (χ0v) is 20.2. The molecule has 0 aliphatic carbocycles. The van der Waals surface area contributed by atoms with Crippen molar-refractivity contribution in [2.75, 3.05) is 26.2 Å². The number of sulfonamides is 1. The van der Waals surface area contributed by atoms with E-state index >= 15 is 0 Å². The summed E-state index contributed by atoms with van der Waals surface area (Å²) in [6.07, 6.45) is 3.76. The van der Waals surface area contributed by atoms with Gasteiger partial charge in [0.1, 0.15) is 12.4 Å². The van der Waals surface area contributed by atoms with Gasteiger partial charge in [-0.05, 0) is 48.6 Å². The lowest BCUT2D eigenvalue weighted by atomic mass is 10.0. The van der Waals surface area contributed by atoms with Crippen LogP contribution in [0.5, 0.6) is 5.75 Å². The summed E-state index contributed by atoms with van der Waals surface area (Å²) in [5, 5.41) is 2.98. The lowest BCUT2D eigenvalue weighted by Gasteiger charge is -2.20. The van der Waals surface area contributed by atoms with Gasteiger partial charge >= 0.3 is 0 Å². The Morgan fingerprint density at radius 3 is 2.47 bits per heavy atom. The molecule has 6 nitrogen and oxygen atoms in total. The number of nitrogens with one attached hydrogen (secondary N) is 1. The standard InChI is InChI=1S/C24H31ClN2O4S/c1-18(2)20-9-5-6-10-23(20)31-16-13-26-24(28)21-17-19(11-12-22(21)25)32(29,30)27-14-7-3-4-8-15-27/h5-6,9-12,17-18H,3-4,7-8,13-16H2,1-2H3,(H,26,28). The van der Waals surface area contributed by atoms with Crippen LogP contribution in [0, 0.1) is 0 Å². The smallest absolute Gasteiger partial charge is 0.252 e. The fraction of sp³-hybridized carbons (Fsp3) is 0.458. The molecule has 1 heterocycles. The second-order valence-electron chi connectivity index (χ2n) is 8.26. The van der Waals surface area contributed by atoms with Crippen molar-refractivity contribution >= 4 is 27.5 Å². The molecule has 8 heteroatoms. The maximum absolute atomic E-state index is 13.1. The Morgan fingerprint density at radius 1 is 1.09 bits per heavy atom. The van der Waals surface area contributed by atoms with E-state index in [2.05, 4.69) is 19.2 Å². The zero-order chi connectivity index (χ0) is 23.1. The first-order valence-electron chi connectivity index (χ1n) is 11.1. The van der Waals surface area contributed by atoms with Crippen molar-refractivity contribution in [1.82, 2.24) is 9.62 Å². The van der Waals surface area contributed by atoms with Gasteiger partial charge in [0.05, 0.1) is 22.0 Å². The average Bonchev–Trinajstić information content (AvgIpc) is 3.07. The maximum Gasteiger partial charge on any atom is 0.252 e. The first-order valence-corrected chi connectivity index (χ1v) is 12.9. The van der Waals surface area contributed by atoms with E-state index in [9.17, 15) is 13.2 Å². The van der Waals surface area contributed by atoms with Gasteiger partial charge in [-0.15, -0.1) is 0 Å². The number of amides is 1. The summed E-state index contributed by atoms with van der Waals surface area (Å²) in [6.45, 7) is 5.75. The summed E-state index contributed by atoms with van der Waals surface area (Å²) < 4.78 is 33.5. The van der Waals surface area contributed by atoms with E-state index < -0.39 is 15.9 Å². The number of halogens is 1. The van der Waals surface area contributed by atoms with E-state index in [1.54, 1.807) is 0 Å². The predicted molar refractivity (Wildman–Crippen MR) is 127 cm³/mol. The van der Waals surface area contributed by atoms with Gasteiger partial charge in [-0.1, -0.05) is 56.5 Å². The number of ether oxygens (including phenoxy) is 1. The van der Waals surface area contributed by atoms with E-state index in [0.717, 1.165) is 37.0 Å². The lowest BCUT2D eigenvalue weighted by molar-refractivity contribution is 0.0947. The molecule has 0 aromatic heterocycles. The van der Waals surface area contributed by atoms with Crippen LogP contribution in [0.3, 0.4) is 0 Å². The summed E-state index contributed by atoms with van der Waals surface area (Å²) in [7, 11) is -3.66. The fourth-order valence-electron chi connectivity index (χ4n) is 3.78. The van der Waals surface area contributed by atoms with E-state index in [1.165, 1.54) is 22.5 Å². The number of hydrogen-bond acceptors (Lipinski definition) is 4. The highest BCUT2D eigenvalue weighted by atomic mass is 35.5. The van der Waals surface area contributed by atoms with Crippen molar-refractivity contribution < 1.29 is 17.9 Å². The van der Waals surface area contributed by atoms with Crippen molar-refractivity contribution in [2.45, 2.75) is 50.3 Å². The Kier molecular flexibility index (Phi) is 8.57. The van der Waals surface area contributed by atoms with Gasteiger partial charge in [-0.2, -0.15) is 4.31 Å². The number of hydrogen-bond donors (Lipinski definition) is 1. The molecule has 1 N–H and O–H groups in total. The van der Waals surface area contributed by atoms with Gasteiger partial charge in [0.25, 0.3) is 5.91 Å². The third-order valence-electron chi connectivity index (χ3n) is 5.57. The third-order valence-corrected chi connectivity index (χ3v) is 7.80. The number of carbonyl (C=O) groups excluding carboxylic acids is 1. The second-order valence-corrected chi connectivity index (χ2v) is 10.6. The normalized spacial score (nSPS) is 15.4. The molecular weight excluding hydrogens is 448 g/mol. The molecule has 32 heavy (non-hydrogen) atoms. The first-order chi connectivity index (χ1) is 15.3. The monoisotopic (exact) mass is 478 g/mol. The SMILES string of the molecule is CC(C)c1ccccc1OCCNC(=O)c1cc(S(=O)(=O)N2CCCCCC2)ccc1Cl. The molecule has 3 rings (SSSR count). The van der Waals surface area contributed by atoms with Gasteiger partial charge < -0.3 is 10.1 Å². The molecule has 2 aromatic carbocycles. The highest BCUT2D eigenvalue weighted by molar-refractivity contribution is 7.89. The van der Waals surface area contributed by atoms with Gasteiger partial charge in [0.15, 0.2) is 0 Å². The van der Waals surface area contributed by atoms with Gasteiger partial charge in [-0.3, -0.25) is 4.79 Å². The summed E-state index contributed by atoms with van der Waals surface area (Å²) in [5.74, 6) is 0.692. The lowest BCUT2D eigenvalue weighted by Crippen LogP contribution is -2.32. The van der Waals surface area contributed by atoms with Crippen LogP contribution < -0.4 is 10.1 Å². The summed E-state index contributed by atoms with van der Waals surface area (Å²) in [5.41, 5.74) is 1.25. The number of benzene rings is 2. The maximum atomic E-state index is 13.1. The molecule has 174 valence electrons. The van der Waals surface area contributed by atoms with Crippen molar-refractivity contribution in [3.05, 3.63) is 58.6 Å². The summed E-state index contributed by atoms with van der Waals surface area (Å²) in [6, 6.07) is 12.1. The Bertz CT molecular complexity index is 1030. The molecule has 1 aliphatic heterocycles. The second kappa shape index (κ2) is 11.2. The van der Waals surface area contributed by atoms with Crippen LogP contribution in [0.2, 0.25) is 5.02 Å². The van der Waals surface area contributed by atoms with Crippen LogP contribution in [-0.2, 0) is 10.0 Å². The highest BCUT2D eigenvalue weighted by Gasteiger charge is 2.26. The summed E-state index contributed by atoms with van der Waals surface area (Å²) in [4.78, 5) is 12.8. The Morgan fingerprint density at radius 2 is 1.78 bits per heavy atom. The molecule has 2 aromatic rings. The minimum atomic E-state index is -3.66. The molecule has 0 spiro atoms. The van der Waals surface area contributed by atoms with Crippen LogP contribution in [0.1, 0.15) is 61.4 Å². The Labute approximate surface area is 196 Å². The van der Waals surface area contributed by atoms with Crippen LogP contribution in [0.4, 0.5) is 0 Å². The van der Waals surface area contributed by atoms with Crippen molar-refractivity contribution in [3.8, 4) is 5.75 Å². The van der Waals surface area contributed by atoms with Crippen molar-refractivity contribution in [2.24, 2.45) is 0 Å². The highest BCUT2D eigenvalue weighted by Crippen LogP contribution is 2.26. The largest absolute Gasteiger partial charge is 0.491 e. The molecule has 1 fully saturated rings. The zero-order valence-electron chi connectivity index (χ0n) is 18.6. The Balaban J connectivity index is 1.64. The number of nitrogens with zero attached hydrogens (tertiary/aromatic N) is 1. The molecule has 0 radical (unpaired) electrons. The predicted octanol–water partition coefficient (Wildman–Crippen LogP) is 4.84. The molecular formula is C24H31ClN2O4S. The van der Waals surface area contributed by atoms with Crippen molar-refractivity contribution in [3.63, 3.8) is 0 Å². The first kappa shape index (κ1) is 24.6. The van der Waals surface area contributed by atoms with Gasteiger partial charge in [0.2, 0.25) is 10.0 Å². The van der Waals surface area contributed by atoms with Crippen LogP contribution in [-0.4, -0.2) is 44.9 Å². The third kappa shape index (κ3) is 6.03. The van der Waals surface area contributed by atoms with Crippen LogP contribution in [0.15, 0.2) is 47.4 Å². The molecule has 0 bridgehead atoms. The van der Waals surface area contributed by atoms with Gasteiger partial charge in [0, 0.05) is 13.1 Å². The Hall–Kier alpha value is -2.09. The molecule has 1 amide bonds. The number of carbonyl (C=O) groups is 1. The van der Waals surface area contributed by atoms with Crippen LogP contribution >= 0.6 is 11.6 Å². The summed E-state index contributed by atoms with van der Waals surface area (Å²) >= 11 is 6.22. The molecule has 1 aliphatic rings. The quantitative estimate of drug-likeness (QED) is 0.551. The van der Waals surface area contributed by atoms with E-state index in [4.69, 9.17) is 16.3 Å². The fourth-order valence-corrected chi connectivity index (χ4v) is 5.53. The van der Waals surface area contributed by atoms with E-state index in [-0.39, 0.29) is 22.0 Å². The molecule has 0 atom stereocenters. The number of rotatable bonds is 8. The molecule has 0 unspecified atom stereocenters. The van der Waals surface area contributed by atoms with Gasteiger partial charge in [-0.25, -0.2) is 8.42 Å². The van der Waals surface area contributed by atoms with Crippen molar-refractivity contribution in [1.29, 1.82) is 0 Å². The van der Waals surface area contributed by atoms with Crippen LogP contribution in [0.25, 0.3) is 0 Å². The van der Waals surface area contributed by atoms with E-state index in [1.807, 2.05) is 24.3 Å². The topological polar surface area (TPSA) is 75.7 Å². The molecule has 1 saturated heterocycles. The minimum absolute atomic E-state index is 0.0936. The average molecular weight is 479 g/mol. The minimum Gasteiger partial charge on any atom is -0.491 e.